The van der Waals surface area contributed by atoms with Crippen LogP contribution in [0.3, 0.4) is 0 Å². The van der Waals surface area contributed by atoms with Crippen LogP contribution in [0.2, 0.25) is 0 Å². The normalized spacial score (nSPS) is 14.7. The Morgan fingerprint density at radius 3 is 1.29 bits per heavy atom. The van der Waals surface area contributed by atoms with Crippen LogP contribution < -0.4 is 0 Å². The zero-order valence-electron chi connectivity index (χ0n) is 14.1. The van der Waals surface area contributed by atoms with Crippen LogP contribution in [0.1, 0.15) is 85.5 Å². The fraction of sp³-hybridized carbons (Fsp3) is 0.882. The number of hydrogen-bond acceptors (Lipinski definition) is 2. The largest absolute Gasteiger partial charge is 0.481 e. The summed E-state index contributed by atoms with van der Waals surface area (Å²) < 4.78 is 0. The predicted octanol–water partition coefficient (Wildman–Crippen LogP) is 4.72. The van der Waals surface area contributed by atoms with E-state index in [2.05, 4.69) is 0 Å². The van der Waals surface area contributed by atoms with Gasteiger partial charge < -0.3 is 10.2 Å². The van der Waals surface area contributed by atoms with Gasteiger partial charge in [0.25, 0.3) is 0 Å². The summed E-state index contributed by atoms with van der Waals surface area (Å²) in [5.74, 6) is -1.54. The zero-order chi connectivity index (χ0) is 16.5. The van der Waals surface area contributed by atoms with Gasteiger partial charge in [-0.1, -0.05) is 47.0 Å². The monoisotopic (exact) mass is 300 g/mol. The minimum absolute atomic E-state index is 0.457. The first-order chi connectivity index (χ1) is 9.84. The van der Waals surface area contributed by atoms with Crippen molar-refractivity contribution < 1.29 is 19.8 Å². The van der Waals surface area contributed by atoms with Gasteiger partial charge in [-0.3, -0.25) is 9.59 Å². The lowest BCUT2D eigenvalue weighted by Crippen LogP contribution is -2.36. The number of carbonyl (C=O) groups is 2. The molecule has 0 aliphatic carbocycles. The fourth-order valence-corrected chi connectivity index (χ4v) is 3.45. The Kier molecular flexibility index (Phi) is 8.60. The van der Waals surface area contributed by atoms with E-state index in [4.69, 9.17) is 0 Å². The van der Waals surface area contributed by atoms with Crippen LogP contribution in [0.4, 0.5) is 0 Å². The van der Waals surface area contributed by atoms with Crippen molar-refractivity contribution in [3.63, 3.8) is 0 Å². The second-order valence-corrected chi connectivity index (χ2v) is 6.27. The summed E-state index contributed by atoms with van der Waals surface area (Å²) in [5.41, 5.74) is -1.52. The van der Waals surface area contributed by atoms with Crippen molar-refractivity contribution in [2.24, 2.45) is 10.8 Å². The van der Waals surface area contributed by atoms with Crippen molar-refractivity contribution in [2.75, 3.05) is 0 Å². The molecular weight excluding hydrogens is 268 g/mol. The molecule has 0 spiro atoms. The van der Waals surface area contributed by atoms with Gasteiger partial charge >= 0.3 is 11.9 Å². The second kappa shape index (κ2) is 9.06. The van der Waals surface area contributed by atoms with Crippen molar-refractivity contribution in [3.05, 3.63) is 0 Å². The number of hydrogen-bond donors (Lipinski definition) is 2. The maximum absolute atomic E-state index is 11.8. The molecule has 0 amide bonds. The SMILES string of the molecule is CCCC(CC)(CCC(CCC)(CCC)C(=O)O)C(=O)O. The lowest BCUT2D eigenvalue weighted by Gasteiger charge is -2.34. The zero-order valence-corrected chi connectivity index (χ0v) is 14.1. The summed E-state index contributed by atoms with van der Waals surface area (Å²) in [7, 11) is 0. The molecule has 0 rings (SSSR count). The van der Waals surface area contributed by atoms with Gasteiger partial charge in [0.2, 0.25) is 0 Å². The van der Waals surface area contributed by atoms with Crippen LogP contribution in [0.25, 0.3) is 0 Å². The summed E-state index contributed by atoms with van der Waals surface area (Å²) in [6.45, 7) is 7.86. The minimum atomic E-state index is -0.779. The molecule has 4 nitrogen and oxygen atoms in total. The molecule has 0 aliphatic rings. The highest BCUT2D eigenvalue weighted by atomic mass is 16.4. The highest BCUT2D eigenvalue weighted by Crippen LogP contribution is 2.42. The lowest BCUT2D eigenvalue weighted by atomic mass is 9.68. The Morgan fingerprint density at radius 1 is 0.667 bits per heavy atom. The van der Waals surface area contributed by atoms with E-state index in [1.54, 1.807) is 0 Å². The van der Waals surface area contributed by atoms with Crippen LogP contribution in [-0.2, 0) is 9.59 Å². The average Bonchev–Trinajstić information content (AvgIpc) is 2.43. The van der Waals surface area contributed by atoms with Crippen LogP contribution in [0, 0.1) is 10.8 Å². The van der Waals surface area contributed by atoms with E-state index in [1.807, 2.05) is 27.7 Å². The Hall–Kier alpha value is -1.06. The summed E-state index contributed by atoms with van der Waals surface area (Å²) in [4.78, 5) is 23.5. The Labute approximate surface area is 128 Å². The van der Waals surface area contributed by atoms with Crippen LogP contribution in [0.15, 0.2) is 0 Å². The molecular formula is C17H32O4. The minimum Gasteiger partial charge on any atom is -0.481 e. The first-order valence-corrected chi connectivity index (χ1v) is 8.31. The first-order valence-electron chi connectivity index (χ1n) is 8.31. The van der Waals surface area contributed by atoms with E-state index >= 15 is 0 Å². The Morgan fingerprint density at radius 2 is 1.00 bits per heavy atom. The highest BCUT2D eigenvalue weighted by molar-refractivity contribution is 5.76. The summed E-state index contributed by atoms with van der Waals surface area (Å²) >= 11 is 0. The molecule has 4 heteroatoms. The smallest absolute Gasteiger partial charge is 0.309 e. The standard InChI is InChI=1S/C17H32O4/c1-5-9-16(8-4,14(18)19)12-13-17(10-6-2,11-7-3)15(20)21/h5-13H2,1-4H3,(H,18,19)(H,20,21). The van der Waals surface area contributed by atoms with Gasteiger partial charge in [-0.05, 0) is 38.5 Å². The molecule has 0 aromatic rings. The van der Waals surface area contributed by atoms with Crippen LogP contribution >= 0.6 is 0 Å². The van der Waals surface area contributed by atoms with Gasteiger partial charge in [-0.15, -0.1) is 0 Å². The van der Waals surface area contributed by atoms with Crippen molar-refractivity contribution >= 4 is 11.9 Å². The van der Waals surface area contributed by atoms with E-state index in [1.165, 1.54) is 0 Å². The molecule has 124 valence electrons. The molecule has 0 saturated carbocycles. The number of carboxylic acids is 2. The molecule has 0 fully saturated rings. The van der Waals surface area contributed by atoms with Gasteiger partial charge in [0.05, 0.1) is 10.8 Å². The molecule has 1 unspecified atom stereocenters. The predicted molar refractivity (Wildman–Crippen MR) is 84.4 cm³/mol. The maximum atomic E-state index is 11.8. The van der Waals surface area contributed by atoms with Gasteiger partial charge in [0.15, 0.2) is 0 Å². The molecule has 0 aromatic heterocycles. The van der Waals surface area contributed by atoms with Gasteiger partial charge in [0, 0.05) is 0 Å². The molecule has 0 aromatic carbocycles. The fourth-order valence-electron chi connectivity index (χ4n) is 3.45. The number of rotatable bonds is 12. The van der Waals surface area contributed by atoms with Crippen molar-refractivity contribution in [3.8, 4) is 0 Å². The van der Waals surface area contributed by atoms with E-state index in [9.17, 15) is 19.8 Å². The quantitative estimate of drug-likeness (QED) is 0.547. The highest BCUT2D eigenvalue weighted by Gasteiger charge is 2.42. The third-order valence-corrected chi connectivity index (χ3v) is 4.85. The van der Waals surface area contributed by atoms with Crippen LogP contribution in [-0.4, -0.2) is 22.2 Å². The third-order valence-electron chi connectivity index (χ3n) is 4.85. The topological polar surface area (TPSA) is 74.6 Å². The van der Waals surface area contributed by atoms with E-state index in [0.717, 1.165) is 19.3 Å². The molecule has 0 aliphatic heterocycles. The van der Waals surface area contributed by atoms with Gasteiger partial charge in [-0.25, -0.2) is 0 Å². The average molecular weight is 300 g/mol. The molecule has 1 atom stereocenters. The van der Waals surface area contributed by atoms with Crippen LogP contribution in [0.5, 0.6) is 0 Å². The van der Waals surface area contributed by atoms with Gasteiger partial charge in [0.1, 0.15) is 0 Å². The lowest BCUT2D eigenvalue weighted by molar-refractivity contribution is -0.155. The second-order valence-electron chi connectivity index (χ2n) is 6.27. The maximum Gasteiger partial charge on any atom is 0.309 e. The number of carboxylic acid groups (broad SMARTS) is 2. The summed E-state index contributed by atoms with van der Waals surface area (Å²) in [6.07, 6.45) is 5.78. The summed E-state index contributed by atoms with van der Waals surface area (Å²) in [5, 5.41) is 19.3. The molecule has 0 bridgehead atoms. The van der Waals surface area contributed by atoms with Gasteiger partial charge in [-0.2, -0.15) is 0 Å². The molecule has 0 radical (unpaired) electrons. The molecule has 0 heterocycles. The van der Waals surface area contributed by atoms with E-state index < -0.39 is 22.8 Å². The van der Waals surface area contributed by atoms with Crippen molar-refractivity contribution in [1.29, 1.82) is 0 Å². The van der Waals surface area contributed by atoms with E-state index in [-0.39, 0.29) is 0 Å². The summed E-state index contributed by atoms with van der Waals surface area (Å²) in [6, 6.07) is 0. The van der Waals surface area contributed by atoms with E-state index in [0.29, 0.717) is 38.5 Å². The molecule has 0 saturated heterocycles. The third kappa shape index (κ3) is 5.01. The number of aliphatic carboxylic acids is 2. The van der Waals surface area contributed by atoms with Crippen molar-refractivity contribution in [2.45, 2.75) is 85.5 Å². The molecule has 21 heavy (non-hydrogen) atoms. The molecule has 2 N–H and O–H groups in total. The Bertz CT molecular complexity index is 332. The van der Waals surface area contributed by atoms with Crippen molar-refractivity contribution in [1.82, 2.24) is 0 Å². The Balaban J connectivity index is 5.23. The first kappa shape index (κ1) is 19.9.